The lowest BCUT2D eigenvalue weighted by atomic mass is 10.0. The molecule has 0 aliphatic carbocycles. The van der Waals surface area contributed by atoms with Crippen molar-refractivity contribution in [1.29, 1.82) is 0 Å². The largest absolute Gasteiger partial charge is 0.497 e. The van der Waals surface area contributed by atoms with Crippen molar-refractivity contribution in [2.24, 2.45) is 0 Å². The van der Waals surface area contributed by atoms with Crippen LogP contribution in [-0.2, 0) is 0 Å². The van der Waals surface area contributed by atoms with E-state index >= 15 is 0 Å². The van der Waals surface area contributed by atoms with Crippen molar-refractivity contribution in [3.05, 3.63) is 53.0 Å². The van der Waals surface area contributed by atoms with E-state index in [0.717, 1.165) is 32.2 Å². The highest BCUT2D eigenvalue weighted by Gasteiger charge is 2.11. The minimum Gasteiger partial charge on any atom is -0.497 e. The lowest BCUT2D eigenvalue weighted by Crippen LogP contribution is -1.80. The van der Waals surface area contributed by atoms with E-state index in [9.17, 15) is 0 Å². The quantitative estimate of drug-likeness (QED) is 0.460. The van der Waals surface area contributed by atoms with Crippen LogP contribution in [0.25, 0.3) is 32.7 Å². The first kappa shape index (κ1) is 11.8. The fourth-order valence-electron chi connectivity index (χ4n) is 2.67. The molecule has 1 heterocycles. The zero-order valence-corrected chi connectivity index (χ0v) is 12.4. The maximum absolute atomic E-state index is 5.95. The summed E-state index contributed by atoms with van der Waals surface area (Å²) in [7, 11) is 1.66. The summed E-state index contributed by atoms with van der Waals surface area (Å²) in [6, 6.07) is 16.4. The number of hydrogen-bond donors (Lipinski definition) is 0. The third kappa shape index (κ3) is 1.63. The zero-order valence-electron chi connectivity index (χ0n) is 10.8. The smallest absolute Gasteiger partial charge is 0.139 e. The molecule has 0 aliphatic heterocycles. The molecule has 0 saturated heterocycles. The molecule has 4 aromatic rings. The van der Waals surface area contributed by atoms with Crippen LogP contribution >= 0.6 is 15.9 Å². The van der Waals surface area contributed by atoms with Crippen LogP contribution in [0.5, 0.6) is 5.75 Å². The van der Waals surface area contributed by atoms with E-state index in [4.69, 9.17) is 9.15 Å². The lowest BCUT2D eigenvalue weighted by molar-refractivity contribution is 0.414. The SMILES string of the molecule is COc1ccc2c(c1)oc1ccc3ccc(Br)cc3c12. The molecule has 0 bridgehead atoms. The molecule has 0 saturated carbocycles. The van der Waals surface area contributed by atoms with E-state index in [1.807, 2.05) is 18.2 Å². The normalized spacial score (nSPS) is 11.5. The van der Waals surface area contributed by atoms with E-state index in [-0.39, 0.29) is 0 Å². The van der Waals surface area contributed by atoms with Crippen LogP contribution in [0.1, 0.15) is 0 Å². The van der Waals surface area contributed by atoms with Gasteiger partial charge in [0.1, 0.15) is 16.9 Å². The number of ether oxygens (including phenoxy) is 1. The molecule has 0 radical (unpaired) electrons. The average molecular weight is 327 g/mol. The van der Waals surface area contributed by atoms with Gasteiger partial charge in [-0.2, -0.15) is 0 Å². The van der Waals surface area contributed by atoms with Crippen LogP contribution in [-0.4, -0.2) is 7.11 Å². The van der Waals surface area contributed by atoms with Crippen molar-refractivity contribution in [3.8, 4) is 5.75 Å². The number of methoxy groups -OCH3 is 1. The van der Waals surface area contributed by atoms with E-state index < -0.39 is 0 Å². The number of fused-ring (bicyclic) bond motifs is 5. The summed E-state index contributed by atoms with van der Waals surface area (Å²) >= 11 is 3.54. The lowest BCUT2D eigenvalue weighted by Gasteiger charge is -2.01. The second-order valence-electron chi connectivity index (χ2n) is 4.77. The average Bonchev–Trinajstić information content (AvgIpc) is 2.84. The van der Waals surface area contributed by atoms with Crippen molar-refractivity contribution in [3.63, 3.8) is 0 Å². The Labute approximate surface area is 124 Å². The fraction of sp³-hybridized carbons (Fsp3) is 0.0588. The van der Waals surface area contributed by atoms with E-state index in [0.29, 0.717) is 0 Å². The molecule has 0 aliphatic rings. The minimum absolute atomic E-state index is 0.807. The molecule has 0 N–H and O–H groups in total. The molecule has 1 aromatic heterocycles. The van der Waals surface area contributed by atoms with Crippen molar-refractivity contribution in [2.75, 3.05) is 7.11 Å². The number of benzene rings is 3. The maximum atomic E-state index is 5.95. The molecule has 0 spiro atoms. The van der Waals surface area contributed by atoms with Gasteiger partial charge >= 0.3 is 0 Å². The summed E-state index contributed by atoms with van der Waals surface area (Å²) in [5.41, 5.74) is 1.76. The molecule has 0 amide bonds. The highest BCUT2D eigenvalue weighted by atomic mass is 79.9. The predicted molar refractivity (Wildman–Crippen MR) is 85.5 cm³/mol. The van der Waals surface area contributed by atoms with Gasteiger partial charge in [0.25, 0.3) is 0 Å². The number of furan rings is 1. The van der Waals surface area contributed by atoms with Crippen molar-refractivity contribution in [1.82, 2.24) is 0 Å². The Kier molecular flexibility index (Phi) is 2.51. The molecular formula is C17H11BrO2. The van der Waals surface area contributed by atoms with Gasteiger partial charge in [-0.1, -0.05) is 28.1 Å². The van der Waals surface area contributed by atoms with Gasteiger partial charge in [-0.05, 0) is 41.1 Å². The van der Waals surface area contributed by atoms with Crippen LogP contribution < -0.4 is 4.74 Å². The molecule has 3 aromatic carbocycles. The van der Waals surface area contributed by atoms with Gasteiger partial charge in [0.05, 0.1) is 7.11 Å². The molecule has 20 heavy (non-hydrogen) atoms. The third-order valence-electron chi connectivity index (χ3n) is 3.62. The van der Waals surface area contributed by atoms with Gasteiger partial charge in [-0.3, -0.25) is 0 Å². The third-order valence-corrected chi connectivity index (χ3v) is 4.12. The standard InChI is InChI=1S/C17H11BrO2/c1-19-12-5-6-13-16(9-12)20-15-7-3-10-2-4-11(18)8-14(10)17(13)15/h2-9H,1H3. The second-order valence-corrected chi connectivity index (χ2v) is 5.68. The Morgan fingerprint density at radius 1 is 0.900 bits per heavy atom. The molecular weight excluding hydrogens is 316 g/mol. The topological polar surface area (TPSA) is 22.4 Å². The molecule has 0 unspecified atom stereocenters. The van der Waals surface area contributed by atoms with Crippen molar-refractivity contribution >= 4 is 48.6 Å². The summed E-state index contributed by atoms with van der Waals surface area (Å²) in [5, 5.41) is 4.67. The van der Waals surface area contributed by atoms with Crippen LogP contribution in [0, 0.1) is 0 Å². The first-order valence-corrected chi connectivity index (χ1v) is 7.14. The van der Waals surface area contributed by atoms with Gasteiger partial charge in [-0.25, -0.2) is 0 Å². The fourth-order valence-corrected chi connectivity index (χ4v) is 3.03. The van der Waals surface area contributed by atoms with Crippen molar-refractivity contribution in [2.45, 2.75) is 0 Å². The van der Waals surface area contributed by atoms with Crippen molar-refractivity contribution < 1.29 is 9.15 Å². The molecule has 0 atom stereocenters. The number of halogens is 1. The molecule has 3 heteroatoms. The number of rotatable bonds is 1. The Hall–Kier alpha value is -2.00. The monoisotopic (exact) mass is 326 g/mol. The summed E-state index contributed by atoms with van der Waals surface area (Å²) in [4.78, 5) is 0. The molecule has 0 fully saturated rings. The van der Waals surface area contributed by atoms with Gasteiger partial charge in [0.2, 0.25) is 0 Å². The van der Waals surface area contributed by atoms with Gasteiger partial charge in [0.15, 0.2) is 0 Å². The van der Waals surface area contributed by atoms with E-state index in [1.54, 1.807) is 7.11 Å². The van der Waals surface area contributed by atoms with Crippen LogP contribution in [0.3, 0.4) is 0 Å². The summed E-state index contributed by atoms with van der Waals surface area (Å²) < 4.78 is 12.3. The van der Waals surface area contributed by atoms with Gasteiger partial charge in [0, 0.05) is 21.3 Å². The highest BCUT2D eigenvalue weighted by Crippen LogP contribution is 2.36. The summed E-state index contributed by atoms with van der Waals surface area (Å²) in [5.74, 6) is 0.807. The summed E-state index contributed by atoms with van der Waals surface area (Å²) in [6.07, 6.45) is 0. The molecule has 4 rings (SSSR count). The van der Waals surface area contributed by atoms with E-state index in [2.05, 4.69) is 46.3 Å². The predicted octanol–water partition coefficient (Wildman–Crippen LogP) is 5.51. The Morgan fingerprint density at radius 2 is 1.75 bits per heavy atom. The first-order valence-electron chi connectivity index (χ1n) is 6.35. The molecule has 98 valence electrons. The Morgan fingerprint density at radius 3 is 2.60 bits per heavy atom. The Bertz CT molecular complexity index is 953. The van der Waals surface area contributed by atoms with Crippen LogP contribution in [0.4, 0.5) is 0 Å². The molecule has 2 nitrogen and oxygen atoms in total. The van der Waals surface area contributed by atoms with Crippen LogP contribution in [0.15, 0.2) is 57.4 Å². The number of hydrogen-bond acceptors (Lipinski definition) is 2. The highest BCUT2D eigenvalue weighted by molar-refractivity contribution is 9.10. The zero-order chi connectivity index (χ0) is 13.7. The second kappa shape index (κ2) is 4.25. The maximum Gasteiger partial charge on any atom is 0.139 e. The van der Waals surface area contributed by atoms with Crippen LogP contribution in [0.2, 0.25) is 0 Å². The Balaban J connectivity index is 2.22. The van der Waals surface area contributed by atoms with Gasteiger partial charge < -0.3 is 9.15 Å². The van der Waals surface area contributed by atoms with Gasteiger partial charge in [-0.15, -0.1) is 0 Å². The van der Waals surface area contributed by atoms with E-state index in [1.165, 1.54) is 10.8 Å². The summed E-state index contributed by atoms with van der Waals surface area (Å²) in [6.45, 7) is 0. The minimum atomic E-state index is 0.807. The first-order chi connectivity index (χ1) is 9.76.